The molecular formula is C19H27FO. The van der Waals surface area contributed by atoms with Gasteiger partial charge in [0.2, 0.25) is 0 Å². The van der Waals surface area contributed by atoms with Crippen LogP contribution in [0.2, 0.25) is 0 Å². The fourth-order valence-corrected chi connectivity index (χ4v) is 3.38. The number of allylic oxidation sites excluding steroid dienone is 2. The zero-order valence-electron chi connectivity index (χ0n) is 13.3. The van der Waals surface area contributed by atoms with Gasteiger partial charge in [0.15, 0.2) is 0 Å². The van der Waals surface area contributed by atoms with Gasteiger partial charge in [-0.3, -0.25) is 0 Å². The van der Waals surface area contributed by atoms with Gasteiger partial charge < -0.3 is 4.74 Å². The molecule has 1 aromatic rings. The first-order chi connectivity index (χ1) is 10.3. The van der Waals surface area contributed by atoms with E-state index in [9.17, 15) is 4.39 Å². The second-order valence-electron chi connectivity index (χ2n) is 5.95. The second-order valence-corrected chi connectivity index (χ2v) is 5.95. The molecule has 2 rings (SSSR count). The lowest BCUT2D eigenvalue weighted by molar-refractivity contribution is 0.0391. The molecule has 1 fully saturated rings. The van der Waals surface area contributed by atoms with E-state index in [0.717, 1.165) is 26.1 Å². The molecule has 0 aromatic heterocycles. The Kier molecular flexibility index (Phi) is 6.44. The van der Waals surface area contributed by atoms with Crippen LogP contribution in [0.25, 0.3) is 5.57 Å². The van der Waals surface area contributed by atoms with E-state index in [4.69, 9.17) is 4.74 Å². The third kappa shape index (κ3) is 4.41. The Bertz CT molecular complexity index is 443. The Morgan fingerprint density at radius 3 is 2.67 bits per heavy atom. The standard InChI is InChI=1S/C19H27FO/c1-3-6-18(15-9-11-17(20)12-10-15)19(7-4-2)16-8-5-13-21-14-16/h6,9-12,16,19H,3-5,7-8,13-14H2,1-2H3. The van der Waals surface area contributed by atoms with Gasteiger partial charge in [0, 0.05) is 13.2 Å². The first kappa shape index (κ1) is 16.2. The van der Waals surface area contributed by atoms with Gasteiger partial charge in [0.1, 0.15) is 5.82 Å². The van der Waals surface area contributed by atoms with Crippen LogP contribution in [0.4, 0.5) is 4.39 Å². The summed E-state index contributed by atoms with van der Waals surface area (Å²) >= 11 is 0. The summed E-state index contributed by atoms with van der Waals surface area (Å²) in [5.41, 5.74) is 2.55. The Morgan fingerprint density at radius 1 is 1.33 bits per heavy atom. The molecule has 0 spiro atoms. The van der Waals surface area contributed by atoms with Crippen molar-refractivity contribution in [2.24, 2.45) is 11.8 Å². The largest absolute Gasteiger partial charge is 0.381 e. The van der Waals surface area contributed by atoms with E-state index in [2.05, 4.69) is 19.9 Å². The predicted molar refractivity (Wildman–Crippen MR) is 86.6 cm³/mol. The van der Waals surface area contributed by atoms with Gasteiger partial charge >= 0.3 is 0 Å². The maximum absolute atomic E-state index is 13.2. The number of ether oxygens (including phenoxy) is 1. The van der Waals surface area contributed by atoms with Gasteiger partial charge in [-0.25, -0.2) is 4.39 Å². The van der Waals surface area contributed by atoms with Crippen molar-refractivity contribution in [1.82, 2.24) is 0 Å². The SMILES string of the molecule is CCC=C(c1ccc(F)cc1)C(CCC)C1CCCOC1. The summed E-state index contributed by atoms with van der Waals surface area (Å²) in [5, 5.41) is 0. The molecule has 0 amide bonds. The summed E-state index contributed by atoms with van der Waals surface area (Å²) in [6.07, 6.45) is 8.09. The third-order valence-corrected chi connectivity index (χ3v) is 4.37. The lowest BCUT2D eigenvalue weighted by atomic mass is 9.77. The minimum absolute atomic E-state index is 0.164. The van der Waals surface area contributed by atoms with Gasteiger partial charge in [-0.1, -0.05) is 38.5 Å². The zero-order chi connectivity index (χ0) is 15.1. The van der Waals surface area contributed by atoms with Gasteiger partial charge in [0.05, 0.1) is 0 Å². The minimum atomic E-state index is -0.164. The summed E-state index contributed by atoms with van der Waals surface area (Å²) < 4.78 is 18.9. The van der Waals surface area contributed by atoms with Crippen LogP contribution in [0, 0.1) is 17.7 Å². The summed E-state index contributed by atoms with van der Waals surface area (Å²) in [5.74, 6) is 0.963. The van der Waals surface area contributed by atoms with Crippen molar-refractivity contribution >= 4 is 5.57 Å². The molecule has 1 aromatic carbocycles. The highest BCUT2D eigenvalue weighted by Crippen LogP contribution is 2.37. The summed E-state index contributed by atoms with van der Waals surface area (Å²) in [4.78, 5) is 0. The summed E-state index contributed by atoms with van der Waals surface area (Å²) in [7, 11) is 0. The maximum atomic E-state index is 13.2. The van der Waals surface area contributed by atoms with Gasteiger partial charge in [-0.2, -0.15) is 0 Å². The van der Waals surface area contributed by atoms with E-state index >= 15 is 0 Å². The molecule has 1 aliphatic rings. The first-order valence-electron chi connectivity index (χ1n) is 8.30. The van der Waals surface area contributed by atoms with Crippen LogP contribution in [-0.2, 0) is 4.74 Å². The molecule has 21 heavy (non-hydrogen) atoms. The number of halogens is 1. The predicted octanol–water partition coefficient (Wildman–Crippen LogP) is 5.46. The van der Waals surface area contributed by atoms with Crippen molar-refractivity contribution in [3.8, 4) is 0 Å². The quantitative estimate of drug-likeness (QED) is 0.675. The van der Waals surface area contributed by atoms with Crippen LogP contribution in [0.5, 0.6) is 0 Å². The average molecular weight is 290 g/mol. The normalized spacial score (nSPS) is 21.3. The van der Waals surface area contributed by atoms with Crippen molar-refractivity contribution in [2.75, 3.05) is 13.2 Å². The number of hydrogen-bond acceptors (Lipinski definition) is 1. The zero-order valence-corrected chi connectivity index (χ0v) is 13.3. The summed E-state index contributed by atoms with van der Waals surface area (Å²) in [6.45, 7) is 6.18. The fraction of sp³-hybridized carbons (Fsp3) is 0.579. The van der Waals surface area contributed by atoms with Crippen molar-refractivity contribution < 1.29 is 9.13 Å². The third-order valence-electron chi connectivity index (χ3n) is 4.37. The molecule has 1 heterocycles. The van der Waals surface area contributed by atoms with Crippen LogP contribution in [0.3, 0.4) is 0 Å². The topological polar surface area (TPSA) is 9.23 Å². The van der Waals surface area contributed by atoms with Crippen LogP contribution >= 0.6 is 0 Å². The lowest BCUT2D eigenvalue weighted by Gasteiger charge is -2.32. The van der Waals surface area contributed by atoms with E-state index in [0.29, 0.717) is 11.8 Å². The maximum Gasteiger partial charge on any atom is 0.123 e. The molecule has 2 unspecified atom stereocenters. The van der Waals surface area contributed by atoms with Gasteiger partial charge in [-0.15, -0.1) is 0 Å². The smallest absolute Gasteiger partial charge is 0.123 e. The highest BCUT2D eigenvalue weighted by molar-refractivity contribution is 5.67. The fourth-order valence-electron chi connectivity index (χ4n) is 3.38. The van der Waals surface area contributed by atoms with E-state index in [1.807, 2.05) is 12.1 Å². The second kappa shape index (κ2) is 8.33. The Balaban J connectivity index is 2.27. The molecule has 1 saturated heterocycles. The van der Waals surface area contributed by atoms with Gasteiger partial charge in [0.25, 0.3) is 0 Å². The molecule has 0 aliphatic carbocycles. The highest BCUT2D eigenvalue weighted by atomic mass is 19.1. The molecule has 116 valence electrons. The van der Waals surface area contributed by atoms with E-state index in [-0.39, 0.29) is 5.82 Å². The van der Waals surface area contributed by atoms with E-state index < -0.39 is 0 Å². The monoisotopic (exact) mass is 290 g/mol. The average Bonchev–Trinajstić information content (AvgIpc) is 2.53. The molecule has 0 radical (unpaired) electrons. The molecule has 0 saturated carbocycles. The lowest BCUT2D eigenvalue weighted by Crippen LogP contribution is -2.26. The van der Waals surface area contributed by atoms with Crippen molar-refractivity contribution in [2.45, 2.75) is 46.0 Å². The molecule has 0 N–H and O–H groups in total. The molecule has 2 atom stereocenters. The van der Waals surface area contributed by atoms with Crippen LogP contribution in [0.15, 0.2) is 30.3 Å². The molecule has 1 nitrogen and oxygen atoms in total. The highest BCUT2D eigenvalue weighted by Gasteiger charge is 2.27. The molecule has 2 heteroatoms. The summed E-state index contributed by atoms with van der Waals surface area (Å²) in [6, 6.07) is 6.98. The first-order valence-corrected chi connectivity index (χ1v) is 8.30. The minimum Gasteiger partial charge on any atom is -0.381 e. The Hall–Kier alpha value is -1.15. The van der Waals surface area contributed by atoms with E-state index in [1.165, 1.54) is 30.4 Å². The van der Waals surface area contributed by atoms with Crippen molar-refractivity contribution in [3.63, 3.8) is 0 Å². The molecular weight excluding hydrogens is 263 g/mol. The van der Waals surface area contributed by atoms with Crippen molar-refractivity contribution in [1.29, 1.82) is 0 Å². The number of rotatable bonds is 6. The Morgan fingerprint density at radius 2 is 2.10 bits per heavy atom. The molecule has 0 bridgehead atoms. The number of hydrogen-bond donors (Lipinski definition) is 0. The van der Waals surface area contributed by atoms with Crippen molar-refractivity contribution in [3.05, 3.63) is 41.7 Å². The Labute approximate surface area is 128 Å². The molecule has 1 aliphatic heterocycles. The van der Waals surface area contributed by atoms with Crippen LogP contribution < -0.4 is 0 Å². The van der Waals surface area contributed by atoms with Gasteiger partial charge in [-0.05, 0) is 60.8 Å². The number of benzene rings is 1. The van der Waals surface area contributed by atoms with Crippen LogP contribution in [0.1, 0.15) is 51.5 Å². The van der Waals surface area contributed by atoms with E-state index in [1.54, 1.807) is 12.1 Å². The van der Waals surface area contributed by atoms with Crippen LogP contribution in [-0.4, -0.2) is 13.2 Å².